The molecule has 0 saturated carbocycles. The fraction of sp³-hybridized carbons (Fsp3) is 0.455. The van der Waals surface area contributed by atoms with Crippen LogP contribution in [0.4, 0.5) is 17.1 Å². The molecule has 3 aromatic carbocycles. The number of benzene rings is 3. The molecular formula is C33H45B2NO4. The number of rotatable bonds is 10. The smallest absolute Gasteiger partial charge is 0.408 e. The van der Waals surface area contributed by atoms with Crippen LogP contribution in [0.2, 0.25) is 0 Å². The van der Waals surface area contributed by atoms with Gasteiger partial charge in [0.15, 0.2) is 0 Å². The van der Waals surface area contributed by atoms with Crippen molar-refractivity contribution in [1.82, 2.24) is 0 Å². The topological polar surface area (TPSA) is 40.2 Å². The van der Waals surface area contributed by atoms with Gasteiger partial charge in [-0.3, -0.25) is 0 Å². The van der Waals surface area contributed by atoms with E-state index in [1.165, 1.54) is 11.1 Å². The molecule has 1 heterocycles. The van der Waals surface area contributed by atoms with Crippen molar-refractivity contribution in [2.24, 2.45) is 0 Å². The first-order chi connectivity index (χ1) is 18.8. The Bertz CT molecular complexity index is 1270. The van der Waals surface area contributed by atoms with Crippen molar-refractivity contribution >= 4 is 42.2 Å². The highest BCUT2D eigenvalue weighted by Gasteiger charge is 2.51. The lowest BCUT2D eigenvalue weighted by molar-refractivity contribution is 0.00578. The van der Waals surface area contributed by atoms with Crippen LogP contribution < -0.4 is 15.8 Å². The van der Waals surface area contributed by atoms with E-state index in [1.54, 1.807) is 0 Å². The van der Waals surface area contributed by atoms with Gasteiger partial charge in [-0.1, -0.05) is 48.9 Å². The predicted octanol–water partition coefficient (Wildman–Crippen LogP) is 7.01. The molecule has 40 heavy (non-hydrogen) atoms. The van der Waals surface area contributed by atoms with Crippen LogP contribution in [0.25, 0.3) is 0 Å². The van der Waals surface area contributed by atoms with E-state index >= 15 is 0 Å². The summed E-state index contributed by atoms with van der Waals surface area (Å²) >= 11 is 0. The number of hydrogen-bond acceptors (Lipinski definition) is 5. The van der Waals surface area contributed by atoms with E-state index in [-0.39, 0.29) is 16.8 Å². The van der Waals surface area contributed by atoms with Crippen molar-refractivity contribution < 1.29 is 18.6 Å². The predicted molar refractivity (Wildman–Crippen MR) is 169 cm³/mol. The Hall–Kier alpha value is -2.57. The van der Waals surface area contributed by atoms with Crippen molar-refractivity contribution in [1.29, 1.82) is 0 Å². The van der Waals surface area contributed by atoms with Crippen LogP contribution in [0.1, 0.15) is 72.9 Å². The van der Waals surface area contributed by atoms with Crippen molar-refractivity contribution in [2.75, 3.05) is 11.5 Å². The quantitative estimate of drug-likeness (QED) is 0.259. The lowest BCUT2D eigenvalue weighted by Gasteiger charge is -2.32. The normalized spacial score (nSPS) is 16.3. The molecule has 0 aromatic heterocycles. The maximum atomic E-state index is 6.35. The van der Waals surface area contributed by atoms with Gasteiger partial charge in [0.05, 0.1) is 11.2 Å². The maximum absolute atomic E-state index is 6.35. The zero-order valence-electron chi connectivity index (χ0n) is 26.0. The van der Waals surface area contributed by atoms with Gasteiger partial charge >= 0.3 is 14.2 Å². The summed E-state index contributed by atoms with van der Waals surface area (Å²) < 4.78 is 24.9. The Morgan fingerprint density at radius 1 is 0.825 bits per heavy atom. The number of hydrogen-bond donors (Lipinski definition) is 0. The first-order valence-electron chi connectivity index (χ1n) is 14.5. The molecule has 0 N–H and O–H groups in total. The molecule has 1 aliphatic rings. The van der Waals surface area contributed by atoms with Crippen molar-refractivity contribution in [3.63, 3.8) is 0 Å². The van der Waals surface area contributed by atoms with Gasteiger partial charge in [-0.05, 0) is 116 Å². The lowest BCUT2D eigenvalue weighted by atomic mass is 9.77. The first-order valence-corrected chi connectivity index (χ1v) is 14.5. The molecule has 4 rings (SSSR count). The van der Waals surface area contributed by atoms with E-state index in [0.29, 0.717) is 6.61 Å². The van der Waals surface area contributed by atoms with Gasteiger partial charge in [0, 0.05) is 29.3 Å². The maximum Gasteiger partial charge on any atom is 0.494 e. The summed E-state index contributed by atoms with van der Waals surface area (Å²) in [4.78, 5) is 2.29. The van der Waals surface area contributed by atoms with Crippen LogP contribution in [-0.2, 0) is 18.6 Å². The molecule has 0 radical (unpaired) electrons. The third-order valence-electron chi connectivity index (χ3n) is 8.29. The summed E-state index contributed by atoms with van der Waals surface area (Å²) in [5.74, 6) is 0. The van der Waals surface area contributed by atoms with E-state index in [4.69, 9.17) is 18.6 Å². The molecule has 0 bridgehead atoms. The average Bonchev–Trinajstić information content (AvgIpc) is 3.12. The molecule has 7 heteroatoms. The van der Waals surface area contributed by atoms with E-state index in [2.05, 4.69) is 134 Å². The molecule has 1 aliphatic heterocycles. The zero-order chi connectivity index (χ0) is 29.3. The summed E-state index contributed by atoms with van der Waals surface area (Å²) in [7, 11) is -0.807. The molecule has 0 spiro atoms. The Balaban J connectivity index is 1.69. The molecule has 3 aromatic rings. The molecular weight excluding hydrogens is 496 g/mol. The lowest BCUT2D eigenvalue weighted by Crippen LogP contribution is -2.43. The molecule has 0 unspecified atom stereocenters. The van der Waals surface area contributed by atoms with Crippen LogP contribution >= 0.6 is 0 Å². The molecule has 0 aliphatic carbocycles. The number of anilines is 3. The van der Waals surface area contributed by atoms with Crippen LogP contribution in [0.15, 0.2) is 66.7 Å². The van der Waals surface area contributed by atoms with Crippen LogP contribution in [0.5, 0.6) is 0 Å². The van der Waals surface area contributed by atoms with E-state index in [1.807, 2.05) is 6.92 Å². The highest BCUT2D eigenvalue weighted by molar-refractivity contribution is 6.62. The second-order valence-electron chi connectivity index (χ2n) is 12.4. The van der Waals surface area contributed by atoms with Crippen molar-refractivity contribution in [3.05, 3.63) is 77.9 Å². The Morgan fingerprint density at radius 3 is 1.88 bits per heavy atom. The van der Waals surface area contributed by atoms with Gasteiger partial charge in [-0.25, -0.2) is 0 Å². The van der Waals surface area contributed by atoms with Crippen LogP contribution in [-0.4, -0.2) is 37.6 Å². The summed E-state index contributed by atoms with van der Waals surface area (Å²) in [6.07, 6.45) is 0.900. The third kappa shape index (κ3) is 6.49. The van der Waals surface area contributed by atoms with Gasteiger partial charge in [0.25, 0.3) is 0 Å². The van der Waals surface area contributed by atoms with E-state index in [0.717, 1.165) is 34.4 Å². The fourth-order valence-corrected chi connectivity index (χ4v) is 4.75. The SMILES string of the molecule is CCOB(OC(C)(C)CC)c1ccc(N(c2ccc(B3OC(C)(C)C(C)(C)O3)cc2)c2ccc(C)cc2C)cc1. The largest absolute Gasteiger partial charge is 0.494 e. The Kier molecular flexibility index (Phi) is 8.91. The fourth-order valence-electron chi connectivity index (χ4n) is 4.75. The summed E-state index contributed by atoms with van der Waals surface area (Å²) in [6, 6.07) is 23.6. The number of aryl methyl sites for hydroxylation is 2. The second-order valence-corrected chi connectivity index (χ2v) is 12.4. The zero-order valence-corrected chi connectivity index (χ0v) is 26.0. The van der Waals surface area contributed by atoms with E-state index in [9.17, 15) is 0 Å². The molecule has 5 nitrogen and oxygen atoms in total. The summed E-state index contributed by atoms with van der Waals surface area (Å²) in [5, 5.41) is 0. The third-order valence-corrected chi connectivity index (χ3v) is 8.29. The highest BCUT2D eigenvalue weighted by Crippen LogP contribution is 2.38. The standard InChI is InChI=1S/C33H45B2NO4/c1-11-31(5,6)38-34(37-12-2)26-14-18-28(19-15-26)36(30-22-13-24(3)23-25(30)4)29-20-16-27(17-21-29)35-39-32(7,8)33(9,10)40-35/h13-23H,11-12H2,1-10H3. The first kappa shape index (κ1) is 30.4. The molecule has 1 fully saturated rings. The molecule has 0 atom stereocenters. The minimum Gasteiger partial charge on any atom is -0.408 e. The Morgan fingerprint density at radius 2 is 1.38 bits per heavy atom. The van der Waals surface area contributed by atoms with Gasteiger partial charge in [-0.2, -0.15) is 0 Å². The molecule has 1 saturated heterocycles. The van der Waals surface area contributed by atoms with Crippen LogP contribution in [0, 0.1) is 13.8 Å². The van der Waals surface area contributed by atoms with E-state index < -0.39 is 14.2 Å². The van der Waals surface area contributed by atoms with Gasteiger partial charge < -0.3 is 23.5 Å². The van der Waals surface area contributed by atoms with Gasteiger partial charge in [0.2, 0.25) is 0 Å². The van der Waals surface area contributed by atoms with Gasteiger partial charge in [0.1, 0.15) is 0 Å². The summed E-state index contributed by atoms with van der Waals surface area (Å²) in [6.45, 7) is 21.5. The van der Waals surface area contributed by atoms with Crippen LogP contribution in [0.3, 0.4) is 0 Å². The number of nitrogens with zero attached hydrogens (tertiary/aromatic N) is 1. The minimum absolute atomic E-state index is 0.275. The Labute approximate surface area is 242 Å². The van der Waals surface area contributed by atoms with Crippen molar-refractivity contribution in [3.8, 4) is 0 Å². The minimum atomic E-state index is -0.414. The summed E-state index contributed by atoms with van der Waals surface area (Å²) in [5.41, 5.74) is 6.68. The van der Waals surface area contributed by atoms with Gasteiger partial charge in [-0.15, -0.1) is 0 Å². The van der Waals surface area contributed by atoms with Crippen molar-refractivity contribution in [2.45, 2.75) is 92.5 Å². The monoisotopic (exact) mass is 541 g/mol. The molecule has 0 amide bonds. The second kappa shape index (κ2) is 11.7. The average molecular weight is 541 g/mol. The highest BCUT2D eigenvalue weighted by atomic mass is 16.7. The molecule has 212 valence electrons.